The Balaban J connectivity index is 1.70. The van der Waals surface area contributed by atoms with Crippen LogP contribution in [0.4, 0.5) is 0 Å². The fourth-order valence-corrected chi connectivity index (χ4v) is 1.81. The molecule has 2 saturated heterocycles. The maximum absolute atomic E-state index is 5.81. The van der Waals surface area contributed by atoms with E-state index in [2.05, 4.69) is 26.0 Å². The summed E-state index contributed by atoms with van der Waals surface area (Å²) in [5.41, 5.74) is 1.25. The topological polar surface area (TPSA) is 43.5 Å². The lowest BCUT2D eigenvalue weighted by Gasteiger charge is -2.14. The Labute approximate surface area is 113 Å². The summed E-state index contributed by atoms with van der Waals surface area (Å²) in [6, 6.07) is 6.14. The van der Waals surface area contributed by atoms with Crippen LogP contribution in [0.15, 0.2) is 18.2 Å². The Hall–Kier alpha value is -1.26. The molecular weight excluding hydrogens is 244 g/mol. The molecular formula is C15H20O4. The molecule has 2 unspecified atom stereocenters. The van der Waals surface area contributed by atoms with Crippen LogP contribution in [0.25, 0.3) is 0 Å². The van der Waals surface area contributed by atoms with Gasteiger partial charge in [0.05, 0.1) is 13.2 Å². The number of ether oxygens (including phenoxy) is 4. The van der Waals surface area contributed by atoms with Crippen molar-refractivity contribution in [1.82, 2.24) is 0 Å². The van der Waals surface area contributed by atoms with E-state index in [-0.39, 0.29) is 12.2 Å². The molecule has 2 aliphatic heterocycles. The van der Waals surface area contributed by atoms with Crippen molar-refractivity contribution in [3.05, 3.63) is 23.8 Å². The van der Waals surface area contributed by atoms with Crippen molar-refractivity contribution < 1.29 is 18.9 Å². The summed E-state index contributed by atoms with van der Waals surface area (Å²) in [5.74, 6) is 2.07. The molecule has 0 aliphatic carbocycles. The van der Waals surface area contributed by atoms with Crippen LogP contribution in [0.1, 0.15) is 25.3 Å². The van der Waals surface area contributed by atoms with Gasteiger partial charge in [0, 0.05) is 0 Å². The zero-order valence-corrected chi connectivity index (χ0v) is 11.4. The second-order valence-electron chi connectivity index (χ2n) is 5.39. The van der Waals surface area contributed by atoms with E-state index in [1.54, 1.807) is 0 Å². The molecule has 2 atom stereocenters. The first-order valence-corrected chi connectivity index (χ1v) is 6.85. The van der Waals surface area contributed by atoms with Crippen LogP contribution in [0.5, 0.6) is 11.5 Å². The summed E-state index contributed by atoms with van der Waals surface area (Å²) in [4.78, 5) is 0. The zero-order valence-electron chi connectivity index (χ0n) is 11.4. The molecule has 0 spiro atoms. The lowest BCUT2D eigenvalue weighted by molar-refractivity contribution is 0.228. The van der Waals surface area contributed by atoms with Gasteiger partial charge in [-0.05, 0) is 23.6 Å². The Morgan fingerprint density at radius 3 is 2.16 bits per heavy atom. The van der Waals surface area contributed by atoms with E-state index in [0.29, 0.717) is 19.1 Å². The molecule has 4 nitrogen and oxygen atoms in total. The highest BCUT2D eigenvalue weighted by molar-refractivity contribution is 5.44. The summed E-state index contributed by atoms with van der Waals surface area (Å²) in [7, 11) is 0. The quantitative estimate of drug-likeness (QED) is 0.709. The standard InChI is InChI=1S/C15H20O4/c1-10(2)11-3-4-14(18-8-12-6-16-12)15(5-11)19-9-13-7-17-13/h3-5,10,12-13H,6-9H2,1-2H3. The SMILES string of the molecule is CC(C)c1ccc(OCC2CO2)c(OCC2CO2)c1. The summed E-state index contributed by atoms with van der Waals surface area (Å²) >= 11 is 0. The van der Waals surface area contributed by atoms with Crippen LogP contribution < -0.4 is 9.47 Å². The monoisotopic (exact) mass is 264 g/mol. The Morgan fingerprint density at radius 2 is 1.63 bits per heavy atom. The number of epoxide rings is 2. The predicted molar refractivity (Wildman–Crippen MR) is 71.0 cm³/mol. The predicted octanol–water partition coefficient (Wildman–Crippen LogP) is 2.37. The molecule has 0 saturated carbocycles. The average molecular weight is 264 g/mol. The summed E-state index contributed by atoms with van der Waals surface area (Å²) in [6.45, 7) is 7.13. The average Bonchev–Trinajstić information content (AvgIpc) is 3.27. The fraction of sp³-hybridized carbons (Fsp3) is 0.600. The number of rotatable bonds is 7. The molecule has 2 aliphatic rings. The van der Waals surface area contributed by atoms with Gasteiger partial charge in [-0.3, -0.25) is 0 Å². The van der Waals surface area contributed by atoms with Gasteiger partial charge >= 0.3 is 0 Å². The van der Waals surface area contributed by atoms with E-state index in [4.69, 9.17) is 18.9 Å². The number of hydrogen-bond donors (Lipinski definition) is 0. The molecule has 3 rings (SSSR count). The molecule has 2 fully saturated rings. The number of benzene rings is 1. The molecule has 0 aromatic heterocycles. The minimum absolute atomic E-state index is 0.252. The largest absolute Gasteiger partial charge is 0.487 e. The normalized spacial score (nSPS) is 24.4. The van der Waals surface area contributed by atoms with Gasteiger partial charge in [-0.15, -0.1) is 0 Å². The molecule has 4 heteroatoms. The first-order chi connectivity index (χ1) is 9.22. The van der Waals surface area contributed by atoms with E-state index in [0.717, 1.165) is 24.7 Å². The van der Waals surface area contributed by atoms with Crippen molar-refractivity contribution in [3.63, 3.8) is 0 Å². The van der Waals surface area contributed by atoms with Crippen LogP contribution in [0.3, 0.4) is 0 Å². The highest BCUT2D eigenvalue weighted by Crippen LogP contribution is 2.32. The third kappa shape index (κ3) is 3.61. The van der Waals surface area contributed by atoms with Gasteiger partial charge in [-0.25, -0.2) is 0 Å². The van der Waals surface area contributed by atoms with Crippen molar-refractivity contribution in [2.24, 2.45) is 0 Å². The first-order valence-electron chi connectivity index (χ1n) is 6.85. The van der Waals surface area contributed by atoms with Gasteiger partial charge in [-0.2, -0.15) is 0 Å². The van der Waals surface area contributed by atoms with Gasteiger partial charge in [0.2, 0.25) is 0 Å². The minimum Gasteiger partial charge on any atom is -0.487 e. The van der Waals surface area contributed by atoms with Crippen molar-refractivity contribution in [2.75, 3.05) is 26.4 Å². The third-order valence-corrected chi connectivity index (χ3v) is 3.29. The maximum atomic E-state index is 5.81. The van der Waals surface area contributed by atoms with Gasteiger partial charge in [0.1, 0.15) is 25.4 Å². The fourth-order valence-electron chi connectivity index (χ4n) is 1.81. The van der Waals surface area contributed by atoms with Crippen molar-refractivity contribution >= 4 is 0 Å². The molecule has 0 bridgehead atoms. The van der Waals surface area contributed by atoms with Crippen molar-refractivity contribution in [2.45, 2.75) is 32.0 Å². The van der Waals surface area contributed by atoms with Gasteiger partial charge in [0.25, 0.3) is 0 Å². The van der Waals surface area contributed by atoms with E-state index in [9.17, 15) is 0 Å². The second-order valence-corrected chi connectivity index (χ2v) is 5.39. The Bertz CT molecular complexity index is 436. The lowest BCUT2D eigenvalue weighted by atomic mass is 10.0. The van der Waals surface area contributed by atoms with Crippen LogP contribution >= 0.6 is 0 Å². The van der Waals surface area contributed by atoms with Crippen LogP contribution in [-0.4, -0.2) is 38.6 Å². The Morgan fingerprint density at radius 1 is 1.05 bits per heavy atom. The van der Waals surface area contributed by atoms with E-state index in [1.807, 2.05) is 6.07 Å². The molecule has 0 amide bonds. The molecule has 1 aromatic rings. The highest BCUT2D eigenvalue weighted by Gasteiger charge is 2.25. The Kier molecular flexibility index (Phi) is 3.62. The van der Waals surface area contributed by atoms with E-state index in [1.165, 1.54) is 5.56 Å². The molecule has 2 heterocycles. The minimum atomic E-state index is 0.252. The molecule has 0 radical (unpaired) electrons. The molecule has 19 heavy (non-hydrogen) atoms. The van der Waals surface area contributed by atoms with Crippen LogP contribution in [0, 0.1) is 0 Å². The van der Waals surface area contributed by atoms with Crippen LogP contribution in [0.2, 0.25) is 0 Å². The third-order valence-electron chi connectivity index (χ3n) is 3.29. The lowest BCUT2D eigenvalue weighted by Crippen LogP contribution is -2.09. The first kappa shape index (κ1) is 12.8. The molecule has 104 valence electrons. The molecule has 1 aromatic carbocycles. The van der Waals surface area contributed by atoms with Crippen molar-refractivity contribution in [3.8, 4) is 11.5 Å². The molecule has 0 N–H and O–H groups in total. The van der Waals surface area contributed by atoms with Crippen molar-refractivity contribution in [1.29, 1.82) is 0 Å². The maximum Gasteiger partial charge on any atom is 0.161 e. The van der Waals surface area contributed by atoms with E-state index >= 15 is 0 Å². The number of hydrogen-bond acceptors (Lipinski definition) is 4. The van der Waals surface area contributed by atoms with Gasteiger partial charge < -0.3 is 18.9 Å². The highest BCUT2D eigenvalue weighted by atomic mass is 16.6. The van der Waals surface area contributed by atoms with Gasteiger partial charge in [0.15, 0.2) is 11.5 Å². The summed E-state index contributed by atoms with van der Waals surface area (Å²) in [6.07, 6.45) is 0.506. The summed E-state index contributed by atoms with van der Waals surface area (Å²) in [5, 5.41) is 0. The van der Waals surface area contributed by atoms with Crippen LogP contribution in [-0.2, 0) is 9.47 Å². The smallest absolute Gasteiger partial charge is 0.161 e. The zero-order chi connectivity index (χ0) is 13.2. The summed E-state index contributed by atoms with van der Waals surface area (Å²) < 4.78 is 21.9. The van der Waals surface area contributed by atoms with Gasteiger partial charge in [-0.1, -0.05) is 19.9 Å². The second kappa shape index (κ2) is 5.39. The van der Waals surface area contributed by atoms with E-state index < -0.39 is 0 Å².